The lowest BCUT2D eigenvalue weighted by Crippen LogP contribution is -2.48. The predicted molar refractivity (Wildman–Crippen MR) is 86.7 cm³/mol. The van der Waals surface area contributed by atoms with Crippen molar-refractivity contribution >= 4 is 29.3 Å². The van der Waals surface area contributed by atoms with E-state index >= 15 is 0 Å². The van der Waals surface area contributed by atoms with Crippen molar-refractivity contribution in [3.8, 4) is 0 Å². The molecule has 0 unspecified atom stereocenters. The van der Waals surface area contributed by atoms with Crippen LogP contribution in [-0.2, 0) is 9.59 Å². The number of para-hydroxylation sites is 1. The number of hydrogen-bond donors (Lipinski definition) is 0. The number of thioether (sulfide) groups is 1. The van der Waals surface area contributed by atoms with Gasteiger partial charge in [-0.25, -0.2) is 0 Å². The summed E-state index contributed by atoms with van der Waals surface area (Å²) < 4.78 is 0. The first kappa shape index (κ1) is 15.9. The van der Waals surface area contributed by atoms with Crippen molar-refractivity contribution in [1.82, 2.24) is 4.90 Å². The minimum Gasteiger partial charge on any atom is -0.331 e. The van der Waals surface area contributed by atoms with E-state index in [1.165, 1.54) is 0 Å². The van der Waals surface area contributed by atoms with Crippen LogP contribution in [0.15, 0.2) is 29.2 Å². The monoisotopic (exact) mass is 306 g/mol. The van der Waals surface area contributed by atoms with E-state index in [2.05, 4.69) is 0 Å². The molecule has 0 N–H and O–H groups in total. The Morgan fingerprint density at radius 1 is 1.43 bits per heavy atom. The zero-order valence-electron chi connectivity index (χ0n) is 12.8. The van der Waals surface area contributed by atoms with E-state index in [1.54, 1.807) is 28.6 Å². The third-order valence-electron chi connectivity index (χ3n) is 3.94. The van der Waals surface area contributed by atoms with Gasteiger partial charge in [0.15, 0.2) is 0 Å². The van der Waals surface area contributed by atoms with Crippen LogP contribution in [0.4, 0.5) is 5.69 Å². The van der Waals surface area contributed by atoms with Gasteiger partial charge in [0.2, 0.25) is 11.8 Å². The van der Waals surface area contributed by atoms with Gasteiger partial charge in [-0.3, -0.25) is 9.59 Å². The molecular formula is C16H22N2O2S. The fourth-order valence-corrected chi connectivity index (χ4v) is 3.40. The average molecular weight is 306 g/mol. The van der Waals surface area contributed by atoms with E-state index in [0.717, 1.165) is 17.0 Å². The molecule has 0 aromatic heterocycles. The highest BCUT2D eigenvalue weighted by atomic mass is 32.2. The highest BCUT2D eigenvalue weighted by Gasteiger charge is 2.33. The fraction of sp³-hybridized carbons (Fsp3) is 0.500. The Bertz CT molecular complexity index is 533. The standard InChI is InChI=1S/C16H22N2O2S/c1-4-12(18-11-7-10-15(18)19)16(20)17(2)13-8-5-6-9-14(13)21-3/h5-6,8-9,12H,4,7,10-11H2,1-3H3/t12-/m1/s1. The first-order valence-corrected chi connectivity index (χ1v) is 8.52. The highest BCUT2D eigenvalue weighted by Crippen LogP contribution is 2.29. The van der Waals surface area contributed by atoms with Gasteiger partial charge in [-0.1, -0.05) is 19.1 Å². The lowest BCUT2D eigenvalue weighted by molar-refractivity contribution is -0.136. The van der Waals surface area contributed by atoms with Crippen LogP contribution >= 0.6 is 11.8 Å². The minimum atomic E-state index is -0.347. The van der Waals surface area contributed by atoms with Crippen molar-refractivity contribution in [2.45, 2.75) is 37.1 Å². The van der Waals surface area contributed by atoms with E-state index in [4.69, 9.17) is 0 Å². The number of hydrogen-bond acceptors (Lipinski definition) is 3. The quantitative estimate of drug-likeness (QED) is 0.785. The second-order valence-electron chi connectivity index (χ2n) is 5.18. The zero-order chi connectivity index (χ0) is 15.4. The summed E-state index contributed by atoms with van der Waals surface area (Å²) in [6.45, 7) is 2.66. The molecule has 4 nitrogen and oxygen atoms in total. The minimum absolute atomic E-state index is 0.00532. The summed E-state index contributed by atoms with van der Waals surface area (Å²) in [7, 11) is 1.79. The number of amides is 2. The maximum absolute atomic E-state index is 12.8. The van der Waals surface area contributed by atoms with Crippen LogP contribution in [0.1, 0.15) is 26.2 Å². The van der Waals surface area contributed by atoms with Gasteiger partial charge in [0.1, 0.15) is 6.04 Å². The number of rotatable bonds is 5. The summed E-state index contributed by atoms with van der Waals surface area (Å²) in [5.74, 6) is 0.0935. The topological polar surface area (TPSA) is 40.6 Å². The first-order valence-electron chi connectivity index (χ1n) is 7.30. The Balaban J connectivity index is 2.22. The molecule has 1 atom stereocenters. The van der Waals surface area contributed by atoms with Gasteiger partial charge in [0, 0.05) is 24.9 Å². The van der Waals surface area contributed by atoms with E-state index in [0.29, 0.717) is 19.4 Å². The zero-order valence-corrected chi connectivity index (χ0v) is 13.7. The van der Waals surface area contributed by atoms with Crippen LogP contribution in [0.3, 0.4) is 0 Å². The molecule has 1 aromatic rings. The molecular weight excluding hydrogens is 284 g/mol. The Morgan fingerprint density at radius 3 is 2.71 bits per heavy atom. The summed E-state index contributed by atoms with van der Waals surface area (Å²) in [5, 5.41) is 0. The van der Waals surface area contributed by atoms with Crippen molar-refractivity contribution in [3.05, 3.63) is 24.3 Å². The molecule has 2 rings (SSSR count). The predicted octanol–water partition coefficient (Wildman–Crippen LogP) is 2.77. The summed E-state index contributed by atoms with van der Waals surface area (Å²) >= 11 is 1.62. The third kappa shape index (κ3) is 3.23. The molecule has 0 spiro atoms. The molecule has 0 bridgehead atoms. The summed E-state index contributed by atoms with van der Waals surface area (Å²) in [5.41, 5.74) is 0.903. The number of likely N-dealkylation sites (N-methyl/N-ethyl adjacent to an activating group) is 1. The Kier molecular flexibility index (Phi) is 5.28. The van der Waals surface area contributed by atoms with Crippen molar-refractivity contribution < 1.29 is 9.59 Å². The van der Waals surface area contributed by atoms with Gasteiger partial charge in [0.05, 0.1) is 5.69 Å². The lowest BCUT2D eigenvalue weighted by Gasteiger charge is -2.30. The number of carbonyl (C=O) groups excluding carboxylic acids is 2. The molecule has 21 heavy (non-hydrogen) atoms. The van der Waals surface area contributed by atoms with Gasteiger partial charge < -0.3 is 9.80 Å². The van der Waals surface area contributed by atoms with E-state index in [-0.39, 0.29) is 17.9 Å². The number of anilines is 1. The molecule has 1 saturated heterocycles. The van der Waals surface area contributed by atoms with E-state index < -0.39 is 0 Å². The lowest BCUT2D eigenvalue weighted by atomic mass is 10.1. The van der Waals surface area contributed by atoms with Crippen molar-refractivity contribution in [2.75, 3.05) is 24.7 Å². The molecule has 1 aliphatic heterocycles. The van der Waals surface area contributed by atoms with Crippen LogP contribution in [0.25, 0.3) is 0 Å². The smallest absolute Gasteiger partial charge is 0.249 e. The molecule has 0 radical (unpaired) electrons. The molecule has 5 heteroatoms. The van der Waals surface area contributed by atoms with Crippen molar-refractivity contribution in [1.29, 1.82) is 0 Å². The van der Waals surface area contributed by atoms with E-state index in [9.17, 15) is 9.59 Å². The second kappa shape index (κ2) is 6.98. The Hall–Kier alpha value is -1.49. The van der Waals surface area contributed by atoms with Crippen molar-refractivity contribution in [3.63, 3.8) is 0 Å². The van der Waals surface area contributed by atoms with Gasteiger partial charge in [0.25, 0.3) is 0 Å². The van der Waals surface area contributed by atoms with Gasteiger partial charge >= 0.3 is 0 Å². The SMILES string of the molecule is CC[C@H](C(=O)N(C)c1ccccc1SC)N1CCCC1=O. The van der Waals surface area contributed by atoms with Crippen LogP contribution in [0.2, 0.25) is 0 Å². The Labute approximate surface area is 130 Å². The normalized spacial score (nSPS) is 16.1. The van der Waals surface area contributed by atoms with Crippen LogP contribution < -0.4 is 4.90 Å². The van der Waals surface area contributed by atoms with Crippen LogP contribution in [-0.4, -0.2) is 42.6 Å². The largest absolute Gasteiger partial charge is 0.331 e. The molecule has 1 aliphatic rings. The Morgan fingerprint density at radius 2 is 2.14 bits per heavy atom. The molecule has 114 valence electrons. The molecule has 1 fully saturated rings. The molecule has 1 aromatic carbocycles. The van der Waals surface area contributed by atoms with Gasteiger partial charge in [-0.05, 0) is 31.2 Å². The summed E-state index contributed by atoms with van der Waals surface area (Å²) in [4.78, 5) is 29.2. The number of nitrogens with zero attached hydrogens (tertiary/aromatic N) is 2. The van der Waals surface area contributed by atoms with E-state index in [1.807, 2.05) is 37.4 Å². The fourth-order valence-electron chi connectivity index (χ4n) is 2.78. The second-order valence-corrected chi connectivity index (χ2v) is 6.03. The van der Waals surface area contributed by atoms with Gasteiger partial charge in [-0.2, -0.15) is 0 Å². The summed E-state index contributed by atoms with van der Waals surface area (Å²) in [6.07, 6.45) is 4.07. The average Bonchev–Trinajstić information content (AvgIpc) is 2.93. The molecule has 2 amide bonds. The number of carbonyl (C=O) groups is 2. The van der Waals surface area contributed by atoms with Gasteiger partial charge in [-0.15, -0.1) is 11.8 Å². The van der Waals surface area contributed by atoms with Crippen LogP contribution in [0, 0.1) is 0 Å². The maximum atomic E-state index is 12.8. The summed E-state index contributed by atoms with van der Waals surface area (Å²) in [6, 6.07) is 7.50. The van der Waals surface area contributed by atoms with Crippen LogP contribution in [0.5, 0.6) is 0 Å². The maximum Gasteiger partial charge on any atom is 0.249 e. The molecule has 0 saturated carbocycles. The third-order valence-corrected chi connectivity index (χ3v) is 4.72. The number of likely N-dealkylation sites (tertiary alicyclic amines) is 1. The van der Waals surface area contributed by atoms with Crippen molar-refractivity contribution in [2.24, 2.45) is 0 Å². The first-order chi connectivity index (χ1) is 10.1. The number of benzene rings is 1. The molecule has 1 heterocycles. The molecule has 0 aliphatic carbocycles. The highest BCUT2D eigenvalue weighted by molar-refractivity contribution is 7.98.